The minimum atomic E-state index is -0.964. The molecule has 0 bridgehead atoms. The molecule has 2 aromatic heterocycles. The zero-order valence-corrected chi connectivity index (χ0v) is 18.6. The summed E-state index contributed by atoms with van der Waals surface area (Å²) in [5.41, 5.74) is 6.96. The Morgan fingerprint density at radius 2 is 1.91 bits per heavy atom. The van der Waals surface area contributed by atoms with E-state index in [9.17, 15) is 13.6 Å². The van der Waals surface area contributed by atoms with E-state index in [-0.39, 0.29) is 16.8 Å². The number of benzene rings is 2. The highest BCUT2D eigenvalue weighted by Gasteiger charge is 2.14. The third-order valence-corrected chi connectivity index (χ3v) is 5.04. The molecule has 2 N–H and O–H groups in total. The van der Waals surface area contributed by atoms with E-state index in [1.54, 1.807) is 42.5 Å². The van der Waals surface area contributed by atoms with E-state index in [1.807, 2.05) is 0 Å². The Hall–Kier alpha value is -4.24. The molecule has 0 saturated carbocycles. The molecule has 0 fully saturated rings. The molecule has 0 amide bonds. The second-order valence-electron chi connectivity index (χ2n) is 7.03. The van der Waals surface area contributed by atoms with Gasteiger partial charge in [-0.2, -0.15) is 5.10 Å². The monoisotopic (exact) mass is 481 g/mol. The molecule has 172 valence electrons. The molecule has 10 heteroatoms. The molecule has 4 rings (SSSR count). The number of halogens is 3. The number of aromatic nitrogens is 3. The smallest absolute Gasteiger partial charge is 0.209 e. The van der Waals surface area contributed by atoms with E-state index in [0.717, 1.165) is 12.4 Å². The Labute approximate surface area is 198 Å². The predicted molar refractivity (Wildman–Crippen MR) is 127 cm³/mol. The van der Waals surface area contributed by atoms with Crippen molar-refractivity contribution in [1.82, 2.24) is 14.3 Å². The second kappa shape index (κ2) is 9.72. The average Bonchev–Trinajstić information content (AvgIpc) is 3.17. The summed E-state index contributed by atoms with van der Waals surface area (Å²) in [6.07, 6.45) is 6.24. The fraction of sp³-hybridized carbons (Fsp3) is 0.0417. The van der Waals surface area contributed by atoms with E-state index >= 15 is 0 Å². The number of rotatable bonds is 6. The van der Waals surface area contributed by atoms with Gasteiger partial charge < -0.3 is 15.0 Å². The van der Waals surface area contributed by atoms with Crippen molar-refractivity contribution in [3.05, 3.63) is 112 Å². The van der Waals surface area contributed by atoms with Gasteiger partial charge in [-0.05, 0) is 42.6 Å². The SMILES string of the molecule is COc1cc(-n2cc(F)c(F)c2)ccc1-n1ccc(=O)c(C(C=CN)=Nc2cccc(Cl)c2)n1. The molecule has 7 nitrogen and oxygen atoms in total. The third kappa shape index (κ3) is 4.74. The highest BCUT2D eigenvalue weighted by Crippen LogP contribution is 2.26. The van der Waals surface area contributed by atoms with E-state index in [1.165, 1.54) is 40.9 Å². The van der Waals surface area contributed by atoms with Crippen LogP contribution in [0.3, 0.4) is 0 Å². The van der Waals surface area contributed by atoms with Gasteiger partial charge in [0.05, 0.1) is 18.5 Å². The fourth-order valence-electron chi connectivity index (χ4n) is 3.23. The molecule has 0 aliphatic heterocycles. The van der Waals surface area contributed by atoms with Crippen molar-refractivity contribution in [2.45, 2.75) is 0 Å². The first-order valence-electron chi connectivity index (χ1n) is 9.94. The number of nitrogens with two attached hydrogens (primary N) is 1. The first-order valence-corrected chi connectivity index (χ1v) is 10.3. The van der Waals surface area contributed by atoms with Crippen molar-refractivity contribution in [1.29, 1.82) is 0 Å². The zero-order chi connectivity index (χ0) is 24.2. The number of hydrogen-bond donors (Lipinski definition) is 1. The maximum absolute atomic E-state index is 13.4. The third-order valence-electron chi connectivity index (χ3n) is 4.80. The maximum atomic E-state index is 13.4. The number of hydrogen-bond acceptors (Lipinski definition) is 5. The first kappa shape index (κ1) is 22.9. The highest BCUT2D eigenvalue weighted by atomic mass is 35.5. The molecule has 0 radical (unpaired) electrons. The van der Waals surface area contributed by atoms with E-state index < -0.39 is 11.6 Å². The van der Waals surface area contributed by atoms with Crippen LogP contribution in [-0.2, 0) is 0 Å². The van der Waals surface area contributed by atoms with Gasteiger partial charge in [-0.25, -0.2) is 18.5 Å². The van der Waals surface area contributed by atoms with E-state index in [0.29, 0.717) is 27.8 Å². The van der Waals surface area contributed by atoms with Crippen molar-refractivity contribution >= 4 is 23.0 Å². The van der Waals surface area contributed by atoms with Gasteiger partial charge in [-0.1, -0.05) is 17.7 Å². The molecule has 0 aliphatic rings. The molecule has 0 atom stereocenters. The molecular formula is C24H18ClF2N5O2. The van der Waals surface area contributed by atoms with Crippen LogP contribution < -0.4 is 15.9 Å². The Bertz CT molecular complexity index is 1460. The van der Waals surface area contributed by atoms with Gasteiger partial charge in [0.2, 0.25) is 5.43 Å². The molecule has 34 heavy (non-hydrogen) atoms. The van der Waals surface area contributed by atoms with Crippen LogP contribution >= 0.6 is 11.6 Å². The molecule has 0 saturated heterocycles. The summed E-state index contributed by atoms with van der Waals surface area (Å²) in [5, 5.41) is 4.93. The number of aliphatic imine (C=N–C) groups is 1. The van der Waals surface area contributed by atoms with Crippen molar-refractivity contribution < 1.29 is 13.5 Å². The number of methoxy groups -OCH3 is 1. The van der Waals surface area contributed by atoms with E-state index in [2.05, 4.69) is 10.1 Å². The van der Waals surface area contributed by atoms with Gasteiger partial charge in [0.15, 0.2) is 17.3 Å². The summed E-state index contributed by atoms with van der Waals surface area (Å²) in [4.78, 5) is 17.1. The van der Waals surface area contributed by atoms with Crippen LogP contribution in [0, 0.1) is 11.6 Å². The lowest BCUT2D eigenvalue weighted by atomic mass is 10.2. The van der Waals surface area contributed by atoms with Crippen LogP contribution in [0.15, 0.2) is 89.2 Å². The van der Waals surface area contributed by atoms with Crippen LogP contribution in [0.2, 0.25) is 5.02 Å². The van der Waals surface area contributed by atoms with Gasteiger partial charge in [-0.15, -0.1) is 0 Å². The first-order chi connectivity index (χ1) is 16.4. The van der Waals surface area contributed by atoms with E-state index in [4.69, 9.17) is 22.1 Å². The van der Waals surface area contributed by atoms with Gasteiger partial charge >= 0.3 is 0 Å². The minimum Gasteiger partial charge on any atom is -0.494 e. The predicted octanol–water partition coefficient (Wildman–Crippen LogP) is 4.56. The normalized spacial score (nSPS) is 11.8. The molecule has 2 heterocycles. The molecular weight excluding hydrogens is 464 g/mol. The summed E-state index contributed by atoms with van der Waals surface area (Å²) in [7, 11) is 1.45. The Kier molecular flexibility index (Phi) is 6.55. The van der Waals surface area contributed by atoms with Crippen molar-refractivity contribution in [3.63, 3.8) is 0 Å². The second-order valence-corrected chi connectivity index (χ2v) is 7.46. The van der Waals surface area contributed by atoms with Crippen molar-refractivity contribution in [2.75, 3.05) is 7.11 Å². The lowest BCUT2D eigenvalue weighted by molar-refractivity contribution is 0.411. The minimum absolute atomic E-state index is 0.0462. The van der Waals surface area contributed by atoms with Crippen molar-refractivity contribution in [3.8, 4) is 17.1 Å². The molecule has 0 aliphatic carbocycles. The highest BCUT2D eigenvalue weighted by molar-refractivity contribution is 6.30. The van der Waals surface area contributed by atoms with Gasteiger partial charge in [-0.3, -0.25) is 4.79 Å². The van der Waals surface area contributed by atoms with Crippen LogP contribution in [0.5, 0.6) is 5.75 Å². The summed E-state index contributed by atoms with van der Waals surface area (Å²) in [6, 6.07) is 13.0. The standard InChI is InChI=1S/C24H18ClF2N5O2/c1-34-23-12-17(31-13-18(26)19(27)14-31)5-6-21(23)32-10-8-22(33)24(30-32)20(7-9-28)29-16-4-2-3-15(25)11-16/h2-14H,28H2,1H3. The maximum Gasteiger partial charge on any atom is 0.209 e. The van der Waals surface area contributed by atoms with Gasteiger partial charge in [0, 0.05) is 41.4 Å². The molecule has 0 spiro atoms. The fourth-order valence-corrected chi connectivity index (χ4v) is 3.42. The summed E-state index contributed by atoms with van der Waals surface area (Å²) >= 11 is 6.04. The van der Waals surface area contributed by atoms with Gasteiger partial charge in [0.1, 0.15) is 11.4 Å². The van der Waals surface area contributed by atoms with Crippen molar-refractivity contribution in [2.24, 2.45) is 10.7 Å². The number of allylic oxidation sites excluding steroid dienone is 1. The van der Waals surface area contributed by atoms with Crippen LogP contribution in [-0.4, -0.2) is 27.2 Å². The number of ether oxygens (including phenoxy) is 1. The Morgan fingerprint density at radius 1 is 1.15 bits per heavy atom. The molecule has 4 aromatic rings. The largest absolute Gasteiger partial charge is 0.494 e. The lowest BCUT2D eigenvalue weighted by Gasteiger charge is -2.13. The Balaban J connectivity index is 1.80. The van der Waals surface area contributed by atoms with Crippen LogP contribution in [0.1, 0.15) is 5.69 Å². The lowest BCUT2D eigenvalue weighted by Crippen LogP contribution is -2.20. The molecule has 2 aromatic carbocycles. The Morgan fingerprint density at radius 3 is 2.59 bits per heavy atom. The number of nitrogens with zero attached hydrogens (tertiary/aromatic N) is 4. The van der Waals surface area contributed by atoms with Gasteiger partial charge in [0.25, 0.3) is 0 Å². The van der Waals surface area contributed by atoms with Crippen LogP contribution in [0.4, 0.5) is 14.5 Å². The topological polar surface area (TPSA) is 87.4 Å². The summed E-state index contributed by atoms with van der Waals surface area (Å²) < 4.78 is 35.1. The average molecular weight is 482 g/mol. The quantitative estimate of drug-likeness (QED) is 0.409. The summed E-state index contributed by atoms with van der Waals surface area (Å²) in [5.74, 6) is -1.57. The summed E-state index contributed by atoms with van der Waals surface area (Å²) in [6.45, 7) is 0. The van der Waals surface area contributed by atoms with Crippen LogP contribution in [0.25, 0.3) is 11.4 Å². The zero-order valence-electron chi connectivity index (χ0n) is 17.8. The molecule has 0 unspecified atom stereocenters.